The van der Waals surface area contributed by atoms with E-state index in [1.54, 1.807) is 6.92 Å². The fourth-order valence-electron chi connectivity index (χ4n) is 1.15. The van der Waals surface area contributed by atoms with Crippen molar-refractivity contribution in [3.63, 3.8) is 0 Å². The summed E-state index contributed by atoms with van der Waals surface area (Å²) in [5.41, 5.74) is 0.315. The first kappa shape index (κ1) is 11.6. The molecule has 0 aliphatic heterocycles. The van der Waals surface area contributed by atoms with Crippen molar-refractivity contribution in [3.8, 4) is 0 Å². The number of aryl methyl sites for hydroxylation is 1. The van der Waals surface area contributed by atoms with Gasteiger partial charge in [0.15, 0.2) is 0 Å². The van der Waals surface area contributed by atoms with Crippen molar-refractivity contribution in [2.75, 3.05) is 0 Å². The zero-order valence-corrected chi connectivity index (χ0v) is 7.93. The highest BCUT2D eigenvalue weighted by molar-refractivity contribution is 5.75. The van der Waals surface area contributed by atoms with E-state index in [9.17, 15) is 18.0 Å². The zero-order valence-electron chi connectivity index (χ0n) is 7.93. The van der Waals surface area contributed by atoms with E-state index in [0.29, 0.717) is 5.56 Å². The van der Waals surface area contributed by atoms with Crippen molar-refractivity contribution in [2.24, 2.45) is 0 Å². The van der Waals surface area contributed by atoms with Crippen LogP contribution in [0.2, 0.25) is 0 Å². The molecule has 0 fully saturated rings. The van der Waals surface area contributed by atoms with Crippen molar-refractivity contribution in [2.45, 2.75) is 19.3 Å². The number of alkyl halides is 2. The Kier molecular flexibility index (Phi) is 3.02. The van der Waals surface area contributed by atoms with Crippen LogP contribution in [0.15, 0.2) is 18.2 Å². The lowest BCUT2D eigenvalue weighted by Gasteiger charge is -2.11. The van der Waals surface area contributed by atoms with Gasteiger partial charge in [-0.25, -0.2) is 9.18 Å². The van der Waals surface area contributed by atoms with Crippen LogP contribution in [0, 0.1) is 12.7 Å². The van der Waals surface area contributed by atoms with Gasteiger partial charge in [-0.3, -0.25) is 0 Å². The van der Waals surface area contributed by atoms with E-state index in [-0.39, 0.29) is 5.56 Å². The van der Waals surface area contributed by atoms with E-state index in [1.165, 1.54) is 12.1 Å². The van der Waals surface area contributed by atoms with E-state index in [2.05, 4.69) is 0 Å². The number of rotatable bonds is 3. The Bertz CT molecular complexity index is 388. The highest BCUT2D eigenvalue weighted by Gasteiger charge is 2.39. The zero-order chi connectivity index (χ0) is 11.6. The van der Waals surface area contributed by atoms with Crippen molar-refractivity contribution >= 4 is 5.97 Å². The Balaban J connectivity index is 2.99. The molecule has 0 aliphatic carbocycles. The van der Waals surface area contributed by atoms with Crippen molar-refractivity contribution in [1.29, 1.82) is 0 Å². The minimum atomic E-state index is -3.94. The van der Waals surface area contributed by atoms with Crippen LogP contribution in [0.1, 0.15) is 11.1 Å². The van der Waals surface area contributed by atoms with Crippen LogP contribution >= 0.6 is 0 Å². The van der Waals surface area contributed by atoms with Crippen molar-refractivity contribution < 1.29 is 23.1 Å². The summed E-state index contributed by atoms with van der Waals surface area (Å²) < 4.78 is 38.6. The van der Waals surface area contributed by atoms with Gasteiger partial charge in [0, 0.05) is 0 Å². The first-order valence-corrected chi connectivity index (χ1v) is 4.19. The second-order valence-corrected chi connectivity index (χ2v) is 3.28. The van der Waals surface area contributed by atoms with Gasteiger partial charge in [-0.2, -0.15) is 8.78 Å². The summed E-state index contributed by atoms with van der Waals surface area (Å²) in [5, 5.41) is 8.19. The number of aliphatic carboxylic acids is 1. The summed E-state index contributed by atoms with van der Waals surface area (Å²) >= 11 is 0. The molecule has 0 amide bonds. The third kappa shape index (κ3) is 2.71. The highest BCUT2D eigenvalue weighted by Crippen LogP contribution is 2.22. The SMILES string of the molecule is Cc1ccc(F)c(CC(F)(F)C(=O)O)c1. The molecule has 0 saturated carbocycles. The standard InChI is InChI=1S/C10H9F3O2/c1-6-2-3-8(11)7(4-6)5-10(12,13)9(14)15/h2-4H,5H2,1H3,(H,14,15). The number of hydrogen-bond acceptors (Lipinski definition) is 1. The summed E-state index contributed by atoms with van der Waals surface area (Å²) in [6, 6.07) is 3.69. The molecule has 0 aliphatic rings. The number of carbonyl (C=O) groups is 1. The van der Waals surface area contributed by atoms with Gasteiger partial charge in [0.25, 0.3) is 0 Å². The normalized spacial score (nSPS) is 11.5. The van der Waals surface area contributed by atoms with Crippen molar-refractivity contribution in [3.05, 3.63) is 35.1 Å². The Labute approximate surface area is 84.3 Å². The number of carboxylic acid groups (broad SMARTS) is 1. The lowest BCUT2D eigenvalue weighted by atomic mass is 10.0. The summed E-state index contributed by atoms with van der Waals surface area (Å²) in [7, 11) is 0. The predicted molar refractivity (Wildman–Crippen MR) is 47.4 cm³/mol. The van der Waals surface area contributed by atoms with E-state index in [0.717, 1.165) is 6.07 Å². The minimum absolute atomic E-state index is 0.289. The van der Waals surface area contributed by atoms with Gasteiger partial charge >= 0.3 is 11.9 Å². The summed E-state index contributed by atoms with van der Waals surface area (Å²) in [5.74, 6) is -7.00. The maximum absolute atomic E-state index is 13.0. The van der Waals surface area contributed by atoms with E-state index in [4.69, 9.17) is 5.11 Å². The Morgan fingerprint density at radius 3 is 2.60 bits per heavy atom. The molecule has 5 heteroatoms. The molecule has 15 heavy (non-hydrogen) atoms. The van der Waals surface area contributed by atoms with Crippen LogP contribution in [0.4, 0.5) is 13.2 Å². The van der Waals surface area contributed by atoms with Gasteiger partial charge in [0.1, 0.15) is 5.82 Å². The van der Waals surface area contributed by atoms with Crippen LogP contribution in [0.25, 0.3) is 0 Å². The molecule has 0 bridgehead atoms. The molecule has 0 unspecified atom stereocenters. The van der Waals surface area contributed by atoms with Crippen LogP contribution in [0.5, 0.6) is 0 Å². The summed E-state index contributed by atoms with van der Waals surface area (Å²) in [6.07, 6.45) is -1.13. The third-order valence-electron chi connectivity index (χ3n) is 1.93. The molecule has 0 saturated heterocycles. The summed E-state index contributed by atoms with van der Waals surface area (Å²) in [6.45, 7) is 1.61. The number of halogens is 3. The maximum Gasteiger partial charge on any atom is 0.374 e. The average Bonchev–Trinajstić information content (AvgIpc) is 2.10. The average molecular weight is 218 g/mol. The first-order valence-electron chi connectivity index (χ1n) is 4.19. The quantitative estimate of drug-likeness (QED) is 0.845. The Morgan fingerprint density at radius 2 is 2.07 bits per heavy atom. The van der Waals surface area contributed by atoms with E-state index in [1.807, 2.05) is 0 Å². The van der Waals surface area contributed by atoms with Gasteiger partial charge in [-0.1, -0.05) is 17.7 Å². The predicted octanol–water partition coefficient (Wildman–Crippen LogP) is 2.40. The monoisotopic (exact) mass is 218 g/mol. The van der Waals surface area contributed by atoms with Crippen LogP contribution in [-0.4, -0.2) is 17.0 Å². The fraction of sp³-hybridized carbons (Fsp3) is 0.300. The Hall–Kier alpha value is -1.52. The van der Waals surface area contributed by atoms with Gasteiger partial charge in [0.05, 0.1) is 6.42 Å². The molecule has 0 spiro atoms. The molecule has 82 valence electrons. The molecule has 0 radical (unpaired) electrons. The second-order valence-electron chi connectivity index (χ2n) is 3.28. The first-order chi connectivity index (χ1) is 6.83. The molecule has 0 heterocycles. The number of carboxylic acids is 1. The molecular weight excluding hydrogens is 209 g/mol. The molecule has 2 nitrogen and oxygen atoms in total. The van der Waals surface area contributed by atoms with Gasteiger partial charge < -0.3 is 5.11 Å². The fourth-order valence-corrected chi connectivity index (χ4v) is 1.15. The lowest BCUT2D eigenvalue weighted by molar-refractivity contribution is -0.164. The van der Waals surface area contributed by atoms with Crippen LogP contribution < -0.4 is 0 Å². The highest BCUT2D eigenvalue weighted by atomic mass is 19.3. The lowest BCUT2D eigenvalue weighted by Crippen LogP contribution is -2.31. The molecule has 1 aromatic carbocycles. The molecule has 0 aromatic heterocycles. The van der Waals surface area contributed by atoms with Gasteiger partial charge in [0.2, 0.25) is 0 Å². The minimum Gasteiger partial charge on any atom is -0.477 e. The van der Waals surface area contributed by atoms with E-state index >= 15 is 0 Å². The van der Waals surface area contributed by atoms with Gasteiger partial charge in [-0.05, 0) is 18.6 Å². The molecule has 1 N–H and O–H groups in total. The number of benzene rings is 1. The topological polar surface area (TPSA) is 37.3 Å². The van der Waals surface area contributed by atoms with Gasteiger partial charge in [-0.15, -0.1) is 0 Å². The third-order valence-corrected chi connectivity index (χ3v) is 1.93. The Morgan fingerprint density at radius 1 is 1.47 bits per heavy atom. The molecule has 0 atom stereocenters. The van der Waals surface area contributed by atoms with E-state index < -0.39 is 24.1 Å². The largest absolute Gasteiger partial charge is 0.477 e. The van der Waals surface area contributed by atoms with Crippen LogP contribution in [-0.2, 0) is 11.2 Å². The maximum atomic E-state index is 13.0. The number of hydrogen-bond donors (Lipinski definition) is 1. The molecule has 1 aromatic rings. The summed E-state index contributed by atoms with van der Waals surface area (Å²) in [4.78, 5) is 10.1. The molecule has 1 rings (SSSR count). The van der Waals surface area contributed by atoms with Crippen LogP contribution in [0.3, 0.4) is 0 Å². The smallest absolute Gasteiger partial charge is 0.374 e. The second kappa shape index (κ2) is 3.92. The molecular formula is C10H9F3O2. The van der Waals surface area contributed by atoms with Crippen molar-refractivity contribution in [1.82, 2.24) is 0 Å².